The fourth-order valence-corrected chi connectivity index (χ4v) is 2.22. The molecule has 0 radical (unpaired) electrons. The molecule has 1 aromatic heterocycles. The number of amides is 1. The number of nitrogens with one attached hydrogen (secondary N) is 1. The highest BCUT2D eigenvalue weighted by atomic mass is 32.1. The van der Waals surface area contributed by atoms with E-state index in [1.54, 1.807) is 11.6 Å². The number of thiazole rings is 1. The van der Waals surface area contributed by atoms with Gasteiger partial charge in [0.25, 0.3) is 5.91 Å². The molecule has 0 saturated carbocycles. The lowest BCUT2D eigenvalue weighted by molar-refractivity contribution is 0.0838. The molecular formula is C12H14N2O3S. The van der Waals surface area contributed by atoms with Crippen molar-refractivity contribution in [3.8, 4) is 0 Å². The van der Waals surface area contributed by atoms with Crippen molar-refractivity contribution in [2.24, 2.45) is 0 Å². The van der Waals surface area contributed by atoms with Crippen LogP contribution in [0.1, 0.15) is 10.4 Å². The summed E-state index contributed by atoms with van der Waals surface area (Å²) in [6.07, 6.45) is 0. The van der Waals surface area contributed by atoms with E-state index in [9.17, 15) is 4.79 Å². The fraction of sp³-hybridized carbons (Fsp3) is 0.333. The van der Waals surface area contributed by atoms with Crippen LogP contribution < -0.4 is 5.32 Å². The minimum atomic E-state index is -0.127. The molecule has 2 aromatic rings. The van der Waals surface area contributed by atoms with Crippen molar-refractivity contribution in [2.75, 3.05) is 26.4 Å². The van der Waals surface area contributed by atoms with Gasteiger partial charge in [0.1, 0.15) is 0 Å². The Hall–Kier alpha value is -1.50. The molecule has 0 aliphatic heterocycles. The van der Waals surface area contributed by atoms with Crippen LogP contribution in [0.3, 0.4) is 0 Å². The van der Waals surface area contributed by atoms with Crippen molar-refractivity contribution in [1.29, 1.82) is 0 Å². The number of hydrogen-bond donors (Lipinski definition) is 2. The van der Waals surface area contributed by atoms with Crippen LogP contribution in [0.5, 0.6) is 0 Å². The monoisotopic (exact) mass is 266 g/mol. The van der Waals surface area contributed by atoms with E-state index < -0.39 is 0 Å². The number of aliphatic hydroxyl groups excluding tert-OH is 1. The maximum atomic E-state index is 11.8. The number of carbonyl (C=O) groups is 1. The standard InChI is InChI=1S/C12H14N2O3S/c15-4-6-17-5-3-13-12(16)9-1-2-10-11(7-9)18-8-14-10/h1-2,7-8,15H,3-6H2,(H,13,16). The predicted molar refractivity (Wildman–Crippen MR) is 69.9 cm³/mol. The number of ether oxygens (including phenoxy) is 1. The van der Waals surface area contributed by atoms with Crippen LogP contribution in [0.25, 0.3) is 10.2 Å². The maximum absolute atomic E-state index is 11.8. The number of carbonyl (C=O) groups excluding carboxylic acids is 1. The molecule has 0 bridgehead atoms. The summed E-state index contributed by atoms with van der Waals surface area (Å²) in [7, 11) is 0. The summed E-state index contributed by atoms with van der Waals surface area (Å²) in [5.74, 6) is -0.127. The smallest absolute Gasteiger partial charge is 0.251 e. The molecule has 1 aromatic carbocycles. The molecule has 0 unspecified atom stereocenters. The van der Waals surface area contributed by atoms with Gasteiger partial charge in [-0.3, -0.25) is 4.79 Å². The lowest BCUT2D eigenvalue weighted by Crippen LogP contribution is -2.27. The first kappa shape index (κ1) is 12.9. The molecule has 1 heterocycles. The molecule has 5 nitrogen and oxygen atoms in total. The second-order valence-corrected chi connectivity index (χ2v) is 4.51. The van der Waals surface area contributed by atoms with Gasteiger partial charge < -0.3 is 15.2 Å². The highest BCUT2D eigenvalue weighted by molar-refractivity contribution is 7.16. The van der Waals surface area contributed by atoms with E-state index >= 15 is 0 Å². The maximum Gasteiger partial charge on any atom is 0.251 e. The van der Waals surface area contributed by atoms with Crippen LogP contribution in [0.2, 0.25) is 0 Å². The van der Waals surface area contributed by atoms with Crippen LogP contribution in [0, 0.1) is 0 Å². The molecule has 18 heavy (non-hydrogen) atoms. The third-order valence-corrected chi connectivity index (χ3v) is 3.15. The predicted octanol–water partition coefficient (Wildman–Crippen LogP) is 1.03. The number of hydrogen-bond acceptors (Lipinski definition) is 5. The second-order valence-electron chi connectivity index (χ2n) is 3.63. The van der Waals surface area contributed by atoms with E-state index in [-0.39, 0.29) is 12.5 Å². The van der Waals surface area contributed by atoms with Gasteiger partial charge in [0.05, 0.1) is 35.5 Å². The van der Waals surface area contributed by atoms with E-state index in [0.29, 0.717) is 25.3 Å². The molecule has 6 heteroatoms. The van der Waals surface area contributed by atoms with Gasteiger partial charge in [-0.05, 0) is 18.2 Å². The number of rotatable bonds is 6. The van der Waals surface area contributed by atoms with Crippen LogP contribution in [-0.2, 0) is 4.74 Å². The van der Waals surface area contributed by atoms with Crippen LogP contribution in [0.4, 0.5) is 0 Å². The molecule has 96 valence electrons. The third-order valence-electron chi connectivity index (χ3n) is 2.36. The molecule has 0 aliphatic rings. The number of benzene rings is 1. The van der Waals surface area contributed by atoms with Gasteiger partial charge in [-0.25, -0.2) is 4.98 Å². The van der Waals surface area contributed by atoms with Crippen molar-refractivity contribution in [3.63, 3.8) is 0 Å². The highest BCUT2D eigenvalue weighted by Gasteiger charge is 2.06. The van der Waals surface area contributed by atoms with E-state index in [0.717, 1.165) is 10.2 Å². The van der Waals surface area contributed by atoms with Crippen molar-refractivity contribution in [1.82, 2.24) is 10.3 Å². The van der Waals surface area contributed by atoms with Crippen LogP contribution >= 0.6 is 11.3 Å². The zero-order chi connectivity index (χ0) is 12.8. The Labute approximate surface area is 108 Å². The minimum absolute atomic E-state index is 0.00398. The summed E-state index contributed by atoms with van der Waals surface area (Å²) < 4.78 is 6.05. The topological polar surface area (TPSA) is 71.5 Å². The molecule has 0 saturated heterocycles. The summed E-state index contributed by atoms with van der Waals surface area (Å²) >= 11 is 1.51. The Balaban J connectivity index is 1.88. The first-order valence-electron chi connectivity index (χ1n) is 5.61. The quantitative estimate of drug-likeness (QED) is 0.766. The van der Waals surface area contributed by atoms with Gasteiger partial charge in [-0.2, -0.15) is 0 Å². The number of aliphatic hydroxyl groups is 1. The number of fused-ring (bicyclic) bond motifs is 1. The summed E-state index contributed by atoms with van der Waals surface area (Å²) in [6.45, 7) is 1.12. The molecule has 1 amide bonds. The van der Waals surface area contributed by atoms with Gasteiger partial charge in [0.15, 0.2) is 0 Å². The Morgan fingerprint density at radius 3 is 3.17 bits per heavy atom. The molecule has 0 fully saturated rings. The molecule has 0 atom stereocenters. The lowest BCUT2D eigenvalue weighted by Gasteiger charge is -2.05. The van der Waals surface area contributed by atoms with Crippen molar-refractivity contribution in [3.05, 3.63) is 29.3 Å². The number of nitrogens with zero attached hydrogens (tertiary/aromatic N) is 1. The Morgan fingerprint density at radius 2 is 2.33 bits per heavy atom. The fourth-order valence-electron chi connectivity index (χ4n) is 1.50. The average Bonchev–Trinajstić information content (AvgIpc) is 2.85. The summed E-state index contributed by atoms with van der Waals surface area (Å²) in [5, 5.41) is 11.3. The minimum Gasteiger partial charge on any atom is -0.394 e. The second kappa shape index (κ2) is 6.44. The first-order valence-corrected chi connectivity index (χ1v) is 6.49. The zero-order valence-corrected chi connectivity index (χ0v) is 10.6. The van der Waals surface area contributed by atoms with E-state index in [1.165, 1.54) is 11.3 Å². The van der Waals surface area contributed by atoms with Gasteiger partial charge in [-0.1, -0.05) is 0 Å². The molecule has 0 spiro atoms. The van der Waals surface area contributed by atoms with E-state index in [4.69, 9.17) is 9.84 Å². The molecule has 0 aliphatic carbocycles. The van der Waals surface area contributed by atoms with Gasteiger partial charge >= 0.3 is 0 Å². The van der Waals surface area contributed by atoms with E-state index in [2.05, 4.69) is 10.3 Å². The molecule has 2 rings (SSSR count). The SMILES string of the molecule is O=C(NCCOCCO)c1ccc2ncsc2c1. The third kappa shape index (κ3) is 3.25. The molecular weight excluding hydrogens is 252 g/mol. The van der Waals surface area contributed by atoms with Crippen LogP contribution in [0.15, 0.2) is 23.7 Å². The van der Waals surface area contributed by atoms with Gasteiger partial charge in [0, 0.05) is 12.1 Å². The lowest BCUT2D eigenvalue weighted by atomic mass is 10.2. The van der Waals surface area contributed by atoms with Gasteiger partial charge in [0.2, 0.25) is 0 Å². The normalized spacial score (nSPS) is 10.7. The van der Waals surface area contributed by atoms with Crippen LogP contribution in [-0.4, -0.2) is 42.4 Å². The summed E-state index contributed by atoms with van der Waals surface area (Å²) in [4.78, 5) is 16.0. The van der Waals surface area contributed by atoms with E-state index in [1.807, 2.05) is 12.1 Å². The Bertz CT molecular complexity index is 527. The zero-order valence-electron chi connectivity index (χ0n) is 9.76. The summed E-state index contributed by atoms with van der Waals surface area (Å²) in [5.41, 5.74) is 3.28. The Morgan fingerprint density at radius 1 is 1.44 bits per heavy atom. The molecule has 2 N–H and O–H groups in total. The van der Waals surface area contributed by atoms with Crippen molar-refractivity contribution >= 4 is 27.5 Å². The number of aromatic nitrogens is 1. The Kier molecular flexibility index (Phi) is 4.63. The largest absolute Gasteiger partial charge is 0.394 e. The van der Waals surface area contributed by atoms with Gasteiger partial charge in [-0.15, -0.1) is 11.3 Å². The van der Waals surface area contributed by atoms with Crippen molar-refractivity contribution < 1.29 is 14.6 Å². The van der Waals surface area contributed by atoms with Crippen molar-refractivity contribution in [2.45, 2.75) is 0 Å². The highest BCUT2D eigenvalue weighted by Crippen LogP contribution is 2.18. The first-order chi connectivity index (χ1) is 8.81. The average molecular weight is 266 g/mol. The summed E-state index contributed by atoms with van der Waals surface area (Å²) in [6, 6.07) is 5.42.